The highest BCUT2D eigenvalue weighted by molar-refractivity contribution is 6.01. The number of halogens is 1. The highest BCUT2D eigenvalue weighted by Gasteiger charge is 2.29. The zero-order chi connectivity index (χ0) is 18.0. The lowest BCUT2D eigenvalue weighted by atomic mass is 10.1. The van der Waals surface area contributed by atoms with Crippen molar-refractivity contribution in [3.63, 3.8) is 0 Å². The largest absolute Gasteiger partial charge is 0.479 e. The lowest BCUT2D eigenvalue weighted by Gasteiger charge is -2.30. The van der Waals surface area contributed by atoms with Crippen LogP contribution in [-0.2, 0) is 11.2 Å². The van der Waals surface area contributed by atoms with Crippen LogP contribution in [-0.4, -0.2) is 31.5 Å². The smallest absolute Gasteiger partial charge is 0.267 e. The lowest BCUT2D eigenvalue weighted by molar-refractivity contribution is -0.125. The van der Waals surface area contributed by atoms with Crippen molar-refractivity contribution < 1.29 is 18.7 Å². The number of amides is 2. The fraction of sp³-hybridized carbons (Fsp3) is 0.263. The van der Waals surface area contributed by atoms with Gasteiger partial charge in [-0.2, -0.15) is 0 Å². The second-order valence-corrected chi connectivity index (χ2v) is 5.97. The molecule has 1 aliphatic heterocycles. The van der Waals surface area contributed by atoms with E-state index in [1.54, 1.807) is 44.3 Å². The molecule has 0 fully saturated rings. The first-order valence-corrected chi connectivity index (χ1v) is 8.06. The van der Waals surface area contributed by atoms with Gasteiger partial charge in [0.2, 0.25) is 0 Å². The van der Waals surface area contributed by atoms with E-state index < -0.39 is 6.10 Å². The Morgan fingerprint density at radius 2 is 1.96 bits per heavy atom. The van der Waals surface area contributed by atoms with Crippen molar-refractivity contribution in [2.75, 3.05) is 18.5 Å². The SMILES string of the molecule is CC1Oc2cc(C(=O)NCCc3ccc(F)cc3)ccc2N(C)C1=O. The molecule has 1 atom stereocenters. The van der Waals surface area contributed by atoms with Crippen LogP contribution in [0.1, 0.15) is 22.8 Å². The summed E-state index contributed by atoms with van der Waals surface area (Å²) in [5, 5.41) is 2.83. The van der Waals surface area contributed by atoms with Gasteiger partial charge in [-0.1, -0.05) is 12.1 Å². The number of carbonyl (C=O) groups is 2. The Balaban J connectivity index is 1.64. The first kappa shape index (κ1) is 17.0. The van der Waals surface area contributed by atoms with E-state index in [0.717, 1.165) is 5.56 Å². The molecule has 1 heterocycles. The number of fused-ring (bicyclic) bond motifs is 1. The zero-order valence-electron chi connectivity index (χ0n) is 14.1. The van der Waals surface area contributed by atoms with Gasteiger partial charge in [0.1, 0.15) is 11.6 Å². The number of ether oxygens (including phenoxy) is 1. The summed E-state index contributed by atoms with van der Waals surface area (Å²) in [7, 11) is 1.68. The molecule has 130 valence electrons. The highest BCUT2D eigenvalue weighted by atomic mass is 19.1. The van der Waals surface area contributed by atoms with Crippen LogP contribution >= 0.6 is 0 Å². The van der Waals surface area contributed by atoms with E-state index in [1.807, 2.05) is 0 Å². The van der Waals surface area contributed by atoms with E-state index in [1.165, 1.54) is 17.0 Å². The summed E-state index contributed by atoms with van der Waals surface area (Å²) in [4.78, 5) is 25.7. The van der Waals surface area contributed by atoms with Crippen molar-refractivity contribution >= 4 is 17.5 Å². The van der Waals surface area contributed by atoms with Crippen molar-refractivity contribution in [1.82, 2.24) is 5.32 Å². The average molecular weight is 342 g/mol. The van der Waals surface area contributed by atoms with Gasteiger partial charge in [-0.15, -0.1) is 0 Å². The van der Waals surface area contributed by atoms with Gasteiger partial charge in [-0.3, -0.25) is 9.59 Å². The summed E-state index contributed by atoms with van der Waals surface area (Å²) in [5.74, 6) is -0.106. The third-order valence-electron chi connectivity index (χ3n) is 4.18. The van der Waals surface area contributed by atoms with Gasteiger partial charge in [-0.25, -0.2) is 4.39 Å². The van der Waals surface area contributed by atoms with Crippen LogP contribution in [0.2, 0.25) is 0 Å². The van der Waals surface area contributed by atoms with Crippen molar-refractivity contribution in [2.45, 2.75) is 19.4 Å². The minimum absolute atomic E-state index is 0.121. The molecule has 1 unspecified atom stereocenters. The molecule has 3 rings (SSSR count). The predicted octanol–water partition coefficient (Wildman–Crippen LogP) is 2.54. The number of nitrogens with one attached hydrogen (secondary N) is 1. The molecule has 0 bridgehead atoms. The lowest BCUT2D eigenvalue weighted by Crippen LogP contribution is -2.42. The number of carbonyl (C=O) groups excluding carboxylic acids is 2. The van der Waals surface area contributed by atoms with Gasteiger partial charge in [-0.05, 0) is 49.2 Å². The van der Waals surface area contributed by atoms with Gasteiger partial charge in [0.15, 0.2) is 6.10 Å². The number of benzene rings is 2. The molecular weight excluding hydrogens is 323 g/mol. The molecule has 0 spiro atoms. The van der Waals surface area contributed by atoms with Crippen molar-refractivity contribution in [3.8, 4) is 5.75 Å². The quantitative estimate of drug-likeness (QED) is 0.929. The van der Waals surface area contributed by atoms with Crippen molar-refractivity contribution in [1.29, 1.82) is 0 Å². The maximum absolute atomic E-state index is 12.9. The summed E-state index contributed by atoms with van der Waals surface area (Å²) in [5.41, 5.74) is 2.06. The summed E-state index contributed by atoms with van der Waals surface area (Å²) >= 11 is 0. The van der Waals surface area contributed by atoms with Crippen LogP contribution in [0, 0.1) is 5.82 Å². The molecule has 0 saturated heterocycles. The predicted molar refractivity (Wildman–Crippen MR) is 92.4 cm³/mol. The molecule has 25 heavy (non-hydrogen) atoms. The Hall–Kier alpha value is -2.89. The molecule has 0 aromatic heterocycles. The van der Waals surface area contributed by atoms with E-state index >= 15 is 0 Å². The number of hydrogen-bond donors (Lipinski definition) is 1. The molecule has 1 aliphatic rings. The van der Waals surface area contributed by atoms with Crippen molar-refractivity contribution in [3.05, 3.63) is 59.4 Å². The molecule has 0 radical (unpaired) electrons. The van der Waals surface area contributed by atoms with Gasteiger partial charge in [0, 0.05) is 19.2 Å². The van der Waals surface area contributed by atoms with Crippen LogP contribution in [0.4, 0.5) is 10.1 Å². The van der Waals surface area contributed by atoms with Gasteiger partial charge < -0.3 is 15.0 Å². The monoisotopic (exact) mass is 342 g/mol. The molecular formula is C19H19FN2O3. The van der Waals surface area contributed by atoms with E-state index in [4.69, 9.17) is 4.74 Å². The number of hydrogen-bond acceptors (Lipinski definition) is 3. The van der Waals surface area contributed by atoms with E-state index in [9.17, 15) is 14.0 Å². The molecule has 0 aliphatic carbocycles. The highest BCUT2D eigenvalue weighted by Crippen LogP contribution is 2.33. The minimum atomic E-state index is -0.575. The number of likely N-dealkylation sites (N-methyl/N-ethyl adjacent to an activating group) is 1. The molecule has 2 aromatic carbocycles. The van der Waals surface area contributed by atoms with Crippen LogP contribution in [0.5, 0.6) is 5.75 Å². The fourth-order valence-corrected chi connectivity index (χ4v) is 2.73. The van der Waals surface area contributed by atoms with E-state index in [0.29, 0.717) is 30.0 Å². The topological polar surface area (TPSA) is 58.6 Å². The van der Waals surface area contributed by atoms with Gasteiger partial charge in [0.05, 0.1) is 5.69 Å². The average Bonchev–Trinajstić information content (AvgIpc) is 2.61. The number of anilines is 1. The Morgan fingerprint density at radius 3 is 2.68 bits per heavy atom. The van der Waals surface area contributed by atoms with Gasteiger partial charge >= 0.3 is 0 Å². The number of rotatable bonds is 4. The maximum Gasteiger partial charge on any atom is 0.267 e. The molecule has 0 saturated carbocycles. The second-order valence-electron chi connectivity index (χ2n) is 5.97. The molecule has 2 amide bonds. The summed E-state index contributed by atoms with van der Waals surface area (Å²) in [6.07, 6.45) is 0.0381. The van der Waals surface area contributed by atoms with Crippen LogP contribution < -0.4 is 15.0 Å². The Kier molecular flexibility index (Phi) is 4.70. The standard InChI is InChI=1S/C19H19FN2O3/c1-12-19(24)22(2)16-8-5-14(11-17(16)25-12)18(23)21-10-9-13-3-6-15(20)7-4-13/h3-8,11-12H,9-10H2,1-2H3,(H,21,23). The first-order chi connectivity index (χ1) is 12.0. The van der Waals surface area contributed by atoms with Crippen LogP contribution in [0.3, 0.4) is 0 Å². The second kappa shape index (κ2) is 6.93. The van der Waals surface area contributed by atoms with E-state index in [-0.39, 0.29) is 17.6 Å². The van der Waals surface area contributed by atoms with Crippen LogP contribution in [0.15, 0.2) is 42.5 Å². The fourth-order valence-electron chi connectivity index (χ4n) is 2.73. The Labute approximate surface area is 145 Å². The van der Waals surface area contributed by atoms with E-state index in [2.05, 4.69) is 5.32 Å². The molecule has 5 nitrogen and oxygen atoms in total. The normalized spacial score (nSPS) is 16.2. The summed E-state index contributed by atoms with van der Waals surface area (Å²) in [6.45, 7) is 2.12. The van der Waals surface area contributed by atoms with Crippen LogP contribution in [0.25, 0.3) is 0 Å². The minimum Gasteiger partial charge on any atom is -0.479 e. The summed E-state index contributed by atoms with van der Waals surface area (Å²) < 4.78 is 18.5. The van der Waals surface area contributed by atoms with Crippen molar-refractivity contribution in [2.24, 2.45) is 0 Å². The third-order valence-corrected chi connectivity index (χ3v) is 4.18. The third kappa shape index (κ3) is 3.63. The molecule has 2 aromatic rings. The molecule has 1 N–H and O–H groups in total. The van der Waals surface area contributed by atoms with Gasteiger partial charge in [0.25, 0.3) is 11.8 Å². The first-order valence-electron chi connectivity index (χ1n) is 8.06. The zero-order valence-corrected chi connectivity index (χ0v) is 14.1. The Bertz CT molecular complexity index is 805. The number of nitrogens with zero attached hydrogens (tertiary/aromatic N) is 1. The Morgan fingerprint density at radius 1 is 1.24 bits per heavy atom. The summed E-state index contributed by atoms with van der Waals surface area (Å²) in [6, 6.07) is 11.2. The maximum atomic E-state index is 12.9. The molecule has 6 heteroatoms.